The minimum atomic E-state index is 0.114. The van der Waals surface area contributed by atoms with Gasteiger partial charge in [0.25, 0.3) is 0 Å². The quantitative estimate of drug-likeness (QED) is 0.617. The van der Waals surface area contributed by atoms with E-state index in [2.05, 4.69) is 18.7 Å². The summed E-state index contributed by atoms with van der Waals surface area (Å²) in [5, 5.41) is 0. The Labute approximate surface area is 73.0 Å². The molecule has 0 saturated carbocycles. The van der Waals surface area contributed by atoms with Crippen molar-refractivity contribution < 1.29 is 0 Å². The van der Waals surface area contributed by atoms with Gasteiger partial charge in [0, 0.05) is 10.9 Å². The van der Waals surface area contributed by atoms with E-state index < -0.39 is 0 Å². The topological polar surface area (TPSA) is 26.0 Å². The summed E-state index contributed by atoms with van der Waals surface area (Å²) in [6.45, 7) is 4.02. The van der Waals surface area contributed by atoms with E-state index in [1.165, 1.54) is 11.1 Å². The second-order valence-corrected chi connectivity index (χ2v) is 3.32. The van der Waals surface area contributed by atoms with E-state index in [1.54, 1.807) is 0 Å². The molecule has 0 fully saturated rings. The van der Waals surface area contributed by atoms with Crippen LogP contribution in [0.15, 0.2) is 23.1 Å². The van der Waals surface area contributed by atoms with Crippen molar-refractivity contribution in [3.8, 4) is 0 Å². The minimum absolute atomic E-state index is 0.114. The molecule has 2 N–H and O–H groups in total. The van der Waals surface area contributed by atoms with Crippen molar-refractivity contribution >= 4 is 12.6 Å². The number of aryl methyl sites for hydroxylation is 1. The van der Waals surface area contributed by atoms with Gasteiger partial charge in [0.05, 0.1) is 0 Å². The van der Waals surface area contributed by atoms with Gasteiger partial charge in [-0.05, 0) is 31.0 Å². The summed E-state index contributed by atoms with van der Waals surface area (Å²) >= 11 is 4.27. The summed E-state index contributed by atoms with van der Waals surface area (Å²) in [7, 11) is 0. The van der Waals surface area contributed by atoms with Crippen molar-refractivity contribution in [2.75, 3.05) is 0 Å². The van der Waals surface area contributed by atoms with Crippen LogP contribution < -0.4 is 5.73 Å². The molecule has 1 nitrogen and oxygen atoms in total. The summed E-state index contributed by atoms with van der Waals surface area (Å²) in [6.07, 6.45) is 0. The molecule has 0 saturated heterocycles. The van der Waals surface area contributed by atoms with Crippen LogP contribution in [0.25, 0.3) is 0 Å². The second kappa shape index (κ2) is 3.28. The molecule has 1 rings (SSSR count). The highest BCUT2D eigenvalue weighted by Crippen LogP contribution is 2.17. The fraction of sp³-hybridized carbons (Fsp3) is 0.333. The maximum Gasteiger partial charge on any atom is 0.0266 e. The first-order valence-corrected chi connectivity index (χ1v) is 4.11. The van der Waals surface area contributed by atoms with E-state index >= 15 is 0 Å². The van der Waals surface area contributed by atoms with Crippen molar-refractivity contribution in [2.45, 2.75) is 24.8 Å². The third-order valence-corrected chi connectivity index (χ3v) is 2.25. The molecule has 1 aromatic rings. The van der Waals surface area contributed by atoms with E-state index in [9.17, 15) is 0 Å². The Morgan fingerprint density at radius 1 is 1.45 bits per heavy atom. The van der Waals surface area contributed by atoms with Gasteiger partial charge in [-0.25, -0.2) is 0 Å². The minimum Gasteiger partial charge on any atom is -0.324 e. The lowest BCUT2D eigenvalue weighted by molar-refractivity contribution is 0.815. The summed E-state index contributed by atoms with van der Waals surface area (Å²) in [4.78, 5) is 1.02. The van der Waals surface area contributed by atoms with E-state index in [4.69, 9.17) is 5.73 Å². The molecule has 0 radical (unpaired) electrons. The summed E-state index contributed by atoms with van der Waals surface area (Å²) in [5.41, 5.74) is 8.06. The Kier molecular flexibility index (Phi) is 2.58. The third-order valence-electron chi connectivity index (χ3n) is 1.75. The van der Waals surface area contributed by atoms with Gasteiger partial charge in [-0.1, -0.05) is 12.1 Å². The lowest BCUT2D eigenvalue weighted by Crippen LogP contribution is -2.04. The maximum atomic E-state index is 5.71. The Bertz CT molecular complexity index is 256. The molecule has 0 aliphatic rings. The van der Waals surface area contributed by atoms with Crippen LogP contribution in [0.5, 0.6) is 0 Å². The van der Waals surface area contributed by atoms with Gasteiger partial charge in [-0.2, -0.15) is 0 Å². The zero-order chi connectivity index (χ0) is 8.43. The molecular weight excluding hydrogens is 154 g/mol. The number of thiol groups is 1. The summed E-state index contributed by atoms with van der Waals surface area (Å²) in [5.74, 6) is 0. The number of hydrogen-bond acceptors (Lipinski definition) is 2. The summed E-state index contributed by atoms with van der Waals surface area (Å²) < 4.78 is 0. The van der Waals surface area contributed by atoms with E-state index in [0.29, 0.717) is 0 Å². The predicted octanol–water partition coefficient (Wildman–Crippen LogP) is 2.30. The van der Waals surface area contributed by atoms with Gasteiger partial charge < -0.3 is 5.73 Å². The molecule has 1 aromatic carbocycles. The Morgan fingerprint density at radius 3 is 2.55 bits per heavy atom. The molecule has 0 aliphatic carbocycles. The highest BCUT2D eigenvalue weighted by molar-refractivity contribution is 7.80. The van der Waals surface area contributed by atoms with Crippen molar-refractivity contribution in [1.29, 1.82) is 0 Å². The Balaban J connectivity index is 3.05. The highest BCUT2D eigenvalue weighted by atomic mass is 32.1. The number of benzene rings is 1. The lowest BCUT2D eigenvalue weighted by Gasteiger charge is -2.07. The predicted molar refractivity (Wildman–Crippen MR) is 51.0 cm³/mol. The first-order chi connectivity index (χ1) is 5.11. The van der Waals surface area contributed by atoms with E-state index in [-0.39, 0.29) is 6.04 Å². The monoisotopic (exact) mass is 167 g/mol. The molecule has 60 valence electrons. The van der Waals surface area contributed by atoms with Crippen LogP contribution >= 0.6 is 12.6 Å². The van der Waals surface area contributed by atoms with Gasteiger partial charge in [0.15, 0.2) is 0 Å². The standard InChI is InChI=1S/C9H13NS/c1-6-5-8(7(2)10)3-4-9(6)11/h3-5,7,11H,10H2,1-2H3. The SMILES string of the molecule is Cc1cc(C(C)N)ccc1S. The van der Waals surface area contributed by atoms with Crippen LogP contribution in [0.3, 0.4) is 0 Å². The van der Waals surface area contributed by atoms with Crippen molar-refractivity contribution in [1.82, 2.24) is 0 Å². The van der Waals surface area contributed by atoms with E-state index in [1.807, 2.05) is 26.0 Å². The smallest absolute Gasteiger partial charge is 0.0266 e. The first kappa shape index (κ1) is 8.62. The lowest BCUT2D eigenvalue weighted by atomic mass is 10.1. The molecule has 0 spiro atoms. The molecule has 0 bridgehead atoms. The third kappa shape index (κ3) is 1.98. The zero-order valence-electron chi connectivity index (χ0n) is 6.83. The summed E-state index contributed by atoms with van der Waals surface area (Å²) in [6, 6.07) is 6.19. The van der Waals surface area contributed by atoms with Gasteiger partial charge in [0.1, 0.15) is 0 Å². The van der Waals surface area contributed by atoms with Gasteiger partial charge >= 0.3 is 0 Å². The van der Waals surface area contributed by atoms with Crippen LogP contribution in [0.4, 0.5) is 0 Å². The molecule has 1 unspecified atom stereocenters. The maximum absolute atomic E-state index is 5.71. The normalized spacial score (nSPS) is 13.1. The van der Waals surface area contributed by atoms with Crippen molar-refractivity contribution in [3.05, 3.63) is 29.3 Å². The van der Waals surface area contributed by atoms with Gasteiger partial charge in [-0.3, -0.25) is 0 Å². The van der Waals surface area contributed by atoms with Crippen LogP contribution in [-0.4, -0.2) is 0 Å². The molecule has 0 aliphatic heterocycles. The van der Waals surface area contributed by atoms with Crippen molar-refractivity contribution in [3.63, 3.8) is 0 Å². The molecule has 1 atom stereocenters. The van der Waals surface area contributed by atoms with E-state index in [0.717, 1.165) is 4.90 Å². The van der Waals surface area contributed by atoms with Crippen LogP contribution in [0.1, 0.15) is 24.1 Å². The van der Waals surface area contributed by atoms with Crippen LogP contribution in [0.2, 0.25) is 0 Å². The fourth-order valence-corrected chi connectivity index (χ4v) is 1.10. The molecule has 2 heteroatoms. The Morgan fingerprint density at radius 2 is 2.09 bits per heavy atom. The number of rotatable bonds is 1. The number of nitrogens with two attached hydrogens (primary N) is 1. The van der Waals surface area contributed by atoms with Gasteiger partial charge in [0.2, 0.25) is 0 Å². The van der Waals surface area contributed by atoms with Crippen LogP contribution in [-0.2, 0) is 0 Å². The molecule has 0 aromatic heterocycles. The average Bonchev–Trinajstić information content (AvgIpc) is 1.94. The second-order valence-electron chi connectivity index (χ2n) is 2.83. The zero-order valence-corrected chi connectivity index (χ0v) is 7.73. The fourth-order valence-electron chi connectivity index (χ4n) is 0.962. The molecule has 11 heavy (non-hydrogen) atoms. The molecule has 0 heterocycles. The largest absolute Gasteiger partial charge is 0.324 e. The van der Waals surface area contributed by atoms with Crippen LogP contribution in [0, 0.1) is 6.92 Å². The van der Waals surface area contributed by atoms with Gasteiger partial charge in [-0.15, -0.1) is 12.6 Å². The molecular formula is C9H13NS. The Hall–Kier alpha value is -0.470. The first-order valence-electron chi connectivity index (χ1n) is 3.66. The average molecular weight is 167 g/mol. The highest BCUT2D eigenvalue weighted by Gasteiger charge is 1.99. The molecule has 0 amide bonds. The van der Waals surface area contributed by atoms with Crippen molar-refractivity contribution in [2.24, 2.45) is 5.73 Å². The number of hydrogen-bond donors (Lipinski definition) is 2.